The summed E-state index contributed by atoms with van der Waals surface area (Å²) < 4.78 is 0. The predicted molar refractivity (Wildman–Crippen MR) is 46.3 cm³/mol. The first-order chi connectivity index (χ1) is 4.80. The van der Waals surface area contributed by atoms with Crippen LogP contribution < -0.4 is 0 Å². The van der Waals surface area contributed by atoms with Crippen molar-refractivity contribution in [1.29, 1.82) is 0 Å². The van der Waals surface area contributed by atoms with Crippen LogP contribution in [0.2, 0.25) is 0 Å². The van der Waals surface area contributed by atoms with Crippen LogP contribution in [0, 0.1) is 0 Å². The van der Waals surface area contributed by atoms with Crippen LogP contribution in [0.3, 0.4) is 0 Å². The van der Waals surface area contributed by atoms with E-state index in [1.807, 2.05) is 6.08 Å². The van der Waals surface area contributed by atoms with Crippen LogP contribution in [0.1, 0.15) is 25.7 Å². The topological polar surface area (TPSA) is 0 Å². The molecule has 0 spiro atoms. The second-order valence-corrected chi connectivity index (χ2v) is 3.26. The van der Waals surface area contributed by atoms with Crippen LogP contribution in [-0.4, -0.2) is 0 Å². The molecule has 0 fully saturated rings. The predicted octanol–water partition coefficient (Wildman–Crippen LogP) is 3.80. The molecule has 0 bridgehead atoms. The van der Waals surface area contributed by atoms with Gasteiger partial charge in [-0.1, -0.05) is 29.3 Å². The Hall–Kier alpha value is 0.748. The van der Waals surface area contributed by atoms with Gasteiger partial charge in [-0.25, -0.2) is 0 Å². The monoisotopic (exact) mass is 371 g/mol. The Labute approximate surface area is 91.9 Å². The van der Waals surface area contributed by atoms with Gasteiger partial charge in [-0.05, 0) is 31.8 Å². The molecule has 3 heteroatoms. The fourth-order valence-electron chi connectivity index (χ4n) is 0.939. The first kappa shape index (κ1) is 11.7. The van der Waals surface area contributed by atoms with Crippen LogP contribution in [0.15, 0.2) is 22.2 Å². The first-order valence-corrected chi connectivity index (χ1v) is 4.27. The summed E-state index contributed by atoms with van der Waals surface area (Å²) in [5.74, 6) is 0. The van der Waals surface area contributed by atoms with Gasteiger partial charge in [-0.3, -0.25) is 0 Å². The Bertz CT molecular complexity index is 173. The summed E-state index contributed by atoms with van der Waals surface area (Å²) in [6.07, 6.45) is 8.40. The molecule has 0 N–H and O–H groups in total. The second kappa shape index (κ2) is 6.28. The van der Waals surface area contributed by atoms with Crippen LogP contribution in [0.4, 0.5) is 0 Å². The van der Waals surface area contributed by atoms with Crippen molar-refractivity contribution in [1.82, 2.24) is 0 Å². The molecule has 0 atom stereocenters. The molecule has 0 heterocycles. The fourth-order valence-corrected chi connectivity index (χ4v) is 1.32. The summed E-state index contributed by atoms with van der Waals surface area (Å²) in [4.78, 5) is 0. The number of allylic oxidation sites excluding steroid dienone is 4. The Morgan fingerprint density at radius 2 is 1.91 bits per heavy atom. The largest absolute Gasteiger partial charge is 2.00 e. The molecule has 1 aliphatic carbocycles. The molecule has 1 rings (SSSR count). The third kappa shape index (κ3) is 4.35. The number of halogens is 2. The molecule has 0 aliphatic heterocycles. The Kier molecular flexibility index (Phi) is 6.71. The van der Waals surface area contributed by atoms with E-state index in [0.29, 0.717) is 5.03 Å². The van der Waals surface area contributed by atoms with Crippen molar-refractivity contribution in [3.8, 4) is 0 Å². The molecule has 0 amide bonds. The van der Waals surface area contributed by atoms with Gasteiger partial charge in [0.1, 0.15) is 0 Å². The van der Waals surface area contributed by atoms with E-state index in [0.717, 1.165) is 24.3 Å². The van der Waals surface area contributed by atoms with E-state index in [9.17, 15) is 0 Å². The molecule has 0 nitrogen and oxygen atoms in total. The van der Waals surface area contributed by atoms with Crippen LogP contribution >= 0.6 is 23.2 Å². The molecule has 1 aliphatic rings. The maximum absolute atomic E-state index is 5.84. The molecular weight excluding hydrogens is 362 g/mol. The zero-order valence-electron chi connectivity index (χ0n) is 6.06. The molecule has 0 unspecified atom stereocenters. The summed E-state index contributed by atoms with van der Waals surface area (Å²) in [7, 11) is 0. The number of rotatable bonds is 0. The van der Waals surface area contributed by atoms with Crippen molar-refractivity contribution in [2.24, 2.45) is 0 Å². The maximum Gasteiger partial charge on any atom is 2.00 e. The van der Waals surface area contributed by atoms with Gasteiger partial charge in [0.05, 0.1) is 5.03 Å². The molecule has 0 aromatic carbocycles. The van der Waals surface area contributed by atoms with E-state index in [1.54, 1.807) is 0 Å². The molecule has 0 aromatic rings. The molecule has 0 saturated heterocycles. The van der Waals surface area contributed by atoms with Gasteiger partial charge < -0.3 is 0 Å². The third-order valence-electron chi connectivity index (χ3n) is 1.54. The Morgan fingerprint density at radius 1 is 1.18 bits per heavy atom. The zero-order chi connectivity index (χ0) is 7.40. The Morgan fingerprint density at radius 3 is 2.64 bits per heavy atom. The summed E-state index contributed by atoms with van der Waals surface area (Å²) in [5.41, 5.74) is 0. The van der Waals surface area contributed by atoms with E-state index < -0.39 is 0 Å². The van der Waals surface area contributed by atoms with E-state index in [-0.39, 0.29) is 21.1 Å². The summed E-state index contributed by atoms with van der Waals surface area (Å²) in [6, 6.07) is 0. The SMILES string of the molecule is ClC1=C(Cl)CCCCC=C1.[Pt+2]. The standard InChI is InChI=1S/C8H10Cl2.Pt/c9-7-5-3-1-2-4-6-8(7)10;/h3,5H,1-2,4,6H2;/q;+2. The molecular formula is C8H10Cl2Pt+2. The van der Waals surface area contributed by atoms with Gasteiger partial charge in [-0.2, -0.15) is 0 Å². The summed E-state index contributed by atoms with van der Waals surface area (Å²) >= 11 is 11.6. The van der Waals surface area contributed by atoms with E-state index >= 15 is 0 Å². The molecule has 0 radical (unpaired) electrons. The number of hydrogen-bond donors (Lipinski definition) is 0. The second-order valence-electron chi connectivity index (χ2n) is 2.40. The average Bonchev–Trinajstić information content (AvgIpc) is 1.92. The summed E-state index contributed by atoms with van der Waals surface area (Å²) in [6.45, 7) is 0. The van der Waals surface area contributed by atoms with Gasteiger partial charge in [0, 0.05) is 5.03 Å². The van der Waals surface area contributed by atoms with E-state index in [1.165, 1.54) is 6.42 Å². The van der Waals surface area contributed by atoms with Gasteiger partial charge in [0.15, 0.2) is 0 Å². The minimum Gasteiger partial charge on any atom is -0.0875 e. The fraction of sp³-hybridized carbons (Fsp3) is 0.500. The molecule has 0 saturated carbocycles. The van der Waals surface area contributed by atoms with Gasteiger partial charge in [0.2, 0.25) is 0 Å². The van der Waals surface area contributed by atoms with Crippen LogP contribution in [-0.2, 0) is 21.1 Å². The van der Waals surface area contributed by atoms with Crippen LogP contribution in [0.5, 0.6) is 0 Å². The maximum atomic E-state index is 5.84. The van der Waals surface area contributed by atoms with E-state index in [4.69, 9.17) is 23.2 Å². The number of hydrogen-bond acceptors (Lipinski definition) is 0. The third-order valence-corrected chi connectivity index (χ3v) is 2.38. The summed E-state index contributed by atoms with van der Waals surface area (Å²) in [5, 5.41) is 1.51. The minimum absolute atomic E-state index is 0. The normalized spacial score (nSPS) is 18.7. The molecule has 0 aromatic heterocycles. The van der Waals surface area contributed by atoms with Crippen molar-refractivity contribution >= 4 is 23.2 Å². The van der Waals surface area contributed by atoms with Crippen molar-refractivity contribution in [3.05, 3.63) is 22.2 Å². The molecule has 11 heavy (non-hydrogen) atoms. The van der Waals surface area contributed by atoms with Crippen molar-refractivity contribution in [3.63, 3.8) is 0 Å². The van der Waals surface area contributed by atoms with Gasteiger partial charge in [0.25, 0.3) is 0 Å². The van der Waals surface area contributed by atoms with E-state index in [2.05, 4.69) is 6.08 Å². The van der Waals surface area contributed by atoms with Crippen molar-refractivity contribution in [2.45, 2.75) is 25.7 Å². The van der Waals surface area contributed by atoms with Crippen molar-refractivity contribution in [2.75, 3.05) is 0 Å². The smallest absolute Gasteiger partial charge is 0.0875 e. The molecule has 64 valence electrons. The zero-order valence-corrected chi connectivity index (χ0v) is 9.84. The Balaban J connectivity index is 0.000001000. The first-order valence-electron chi connectivity index (χ1n) is 3.51. The van der Waals surface area contributed by atoms with Gasteiger partial charge in [-0.15, -0.1) is 0 Å². The van der Waals surface area contributed by atoms with Crippen molar-refractivity contribution < 1.29 is 21.1 Å². The van der Waals surface area contributed by atoms with Crippen LogP contribution in [0.25, 0.3) is 0 Å². The quantitative estimate of drug-likeness (QED) is 0.607. The minimum atomic E-state index is 0. The van der Waals surface area contributed by atoms with Gasteiger partial charge >= 0.3 is 21.1 Å². The average molecular weight is 372 g/mol.